The maximum absolute atomic E-state index is 13.9. The number of benzene rings is 2. The summed E-state index contributed by atoms with van der Waals surface area (Å²) >= 11 is 0. The number of hydrogen-bond donors (Lipinski definition) is 3. The molecule has 1 aromatic heterocycles. The van der Waals surface area contributed by atoms with E-state index in [4.69, 9.17) is 4.78 Å². The summed E-state index contributed by atoms with van der Waals surface area (Å²) in [6.45, 7) is 1.88. The molecule has 0 spiro atoms. The molecule has 0 fully saturated rings. The summed E-state index contributed by atoms with van der Waals surface area (Å²) in [6, 6.07) is 13.1. The lowest BCUT2D eigenvalue weighted by atomic mass is 10.2. The maximum Gasteiger partial charge on any atom is 0.229 e. The highest BCUT2D eigenvalue weighted by molar-refractivity contribution is 7.91. The van der Waals surface area contributed by atoms with Gasteiger partial charge in [0.25, 0.3) is 0 Å². The first-order chi connectivity index (χ1) is 12.3. The molecule has 1 heterocycles. The number of aryl methyl sites for hydroxylation is 1. The third-order valence-corrected chi connectivity index (χ3v) is 4.77. The van der Waals surface area contributed by atoms with Crippen LogP contribution in [-0.4, -0.2) is 20.4 Å². The minimum atomic E-state index is -2.75. The van der Waals surface area contributed by atoms with E-state index < -0.39 is 9.73 Å². The monoisotopic (exact) mass is 371 g/mol. The van der Waals surface area contributed by atoms with Gasteiger partial charge in [-0.25, -0.2) is 18.4 Å². The summed E-state index contributed by atoms with van der Waals surface area (Å²) in [5, 5.41) is 5.96. The lowest BCUT2D eigenvalue weighted by Crippen LogP contribution is -2.02. The molecule has 0 bridgehead atoms. The third-order valence-electron chi connectivity index (χ3n) is 3.60. The first-order valence-corrected chi connectivity index (χ1v) is 9.75. The molecular formula is C18H18FN5OS. The summed E-state index contributed by atoms with van der Waals surface area (Å²) in [5.41, 5.74) is 1.96. The molecular weight excluding hydrogens is 353 g/mol. The van der Waals surface area contributed by atoms with Crippen molar-refractivity contribution in [2.75, 3.05) is 16.9 Å². The Hall–Kier alpha value is -3.00. The summed E-state index contributed by atoms with van der Waals surface area (Å²) in [4.78, 5) is 8.90. The van der Waals surface area contributed by atoms with E-state index in [0.717, 1.165) is 5.56 Å². The van der Waals surface area contributed by atoms with Gasteiger partial charge in [-0.1, -0.05) is 6.07 Å². The second-order valence-electron chi connectivity index (χ2n) is 5.87. The van der Waals surface area contributed by atoms with Gasteiger partial charge in [-0.05, 0) is 55.0 Å². The fraction of sp³-hybridized carbons (Fsp3) is 0.111. The fourth-order valence-corrected chi connectivity index (χ4v) is 2.94. The predicted octanol–water partition coefficient (Wildman–Crippen LogP) is 4.45. The van der Waals surface area contributed by atoms with Crippen molar-refractivity contribution in [2.45, 2.75) is 11.8 Å². The van der Waals surface area contributed by atoms with E-state index in [2.05, 4.69) is 20.6 Å². The Morgan fingerprint density at radius 2 is 1.81 bits per heavy atom. The highest BCUT2D eigenvalue weighted by Gasteiger charge is 2.06. The van der Waals surface area contributed by atoms with Crippen molar-refractivity contribution in [3.63, 3.8) is 0 Å². The molecule has 0 aliphatic carbocycles. The van der Waals surface area contributed by atoms with Crippen molar-refractivity contribution >= 4 is 32.9 Å². The van der Waals surface area contributed by atoms with Crippen LogP contribution < -0.4 is 10.6 Å². The van der Waals surface area contributed by atoms with Crippen LogP contribution >= 0.6 is 0 Å². The van der Waals surface area contributed by atoms with Gasteiger partial charge < -0.3 is 10.6 Å². The van der Waals surface area contributed by atoms with Gasteiger partial charge in [0.05, 0.1) is 15.4 Å². The van der Waals surface area contributed by atoms with Crippen molar-refractivity contribution in [3.8, 4) is 0 Å². The van der Waals surface area contributed by atoms with Crippen LogP contribution in [0, 0.1) is 17.5 Å². The highest BCUT2D eigenvalue weighted by atomic mass is 32.2. The van der Waals surface area contributed by atoms with Gasteiger partial charge >= 0.3 is 0 Å². The smallest absolute Gasteiger partial charge is 0.229 e. The van der Waals surface area contributed by atoms with Crippen LogP contribution in [0.5, 0.6) is 0 Å². The standard InChI is InChI=1S/C18H18FN5OS/c1-12-3-8-15(19)16(11-12)23-17-9-10-21-18(24-17)22-13-4-6-14(7-5-13)26(2,20)25/h3-11,20H,1-2H3,(H2,21,22,23,24). The minimum Gasteiger partial charge on any atom is -0.338 e. The van der Waals surface area contributed by atoms with Crippen molar-refractivity contribution in [1.82, 2.24) is 9.97 Å². The molecule has 0 aliphatic rings. The van der Waals surface area contributed by atoms with Gasteiger partial charge in [-0.2, -0.15) is 4.98 Å². The molecule has 0 aliphatic heterocycles. The normalized spacial score (nSPS) is 13.0. The van der Waals surface area contributed by atoms with Crippen LogP contribution in [0.1, 0.15) is 5.56 Å². The Kier molecular flexibility index (Phi) is 4.85. The van der Waals surface area contributed by atoms with E-state index in [1.54, 1.807) is 48.7 Å². The number of rotatable bonds is 5. The van der Waals surface area contributed by atoms with Crippen LogP contribution in [0.25, 0.3) is 0 Å². The van der Waals surface area contributed by atoms with Gasteiger partial charge in [0.1, 0.15) is 11.6 Å². The fourth-order valence-electron chi connectivity index (χ4n) is 2.29. The Balaban J connectivity index is 1.78. The van der Waals surface area contributed by atoms with Gasteiger partial charge in [-0.3, -0.25) is 0 Å². The Morgan fingerprint density at radius 1 is 1.08 bits per heavy atom. The zero-order chi connectivity index (χ0) is 18.7. The number of aromatic nitrogens is 2. The number of anilines is 4. The van der Waals surface area contributed by atoms with E-state index in [1.165, 1.54) is 12.3 Å². The molecule has 3 aromatic rings. The van der Waals surface area contributed by atoms with E-state index >= 15 is 0 Å². The zero-order valence-electron chi connectivity index (χ0n) is 14.3. The van der Waals surface area contributed by atoms with Crippen LogP contribution in [0.15, 0.2) is 59.6 Å². The highest BCUT2D eigenvalue weighted by Crippen LogP contribution is 2.22. The molecule has 3 N–H and O–H groups in total. The van der Waals surface area contributed by atoms with E-state index in [0.29, 0.717) is 28.0 Å². The Morgan fingerprint density at radius 3 is 2.50 bits per heavy atom. The molecule has 8 heteroatoms. The number of halogens is 1. The first kappa shape index (κ1) is 17.8. The van der Waals surface area contributed by atoms with Gasteiger partial charge in [-0.15, -0.1) is 0 Å². The summed E-state index contributed by atoms with van der Waals surface area (Å²) in [5.74, 6) is 0.420. The zero-order valence-corrected chi connectivity index (χ0v) is 15.1. The van der Waals surface area contributed by atoms with Gasteiger partial charge in [0, 0.05) is 23.0 Å². The van der Waals surface area contributed by atoms with Crippen LogP contribution in [0.3, 0.4) is 0 Å². The van der Waals surface area contributed by atoms with Crippen molar-refractivity contribution < 1.29 is 8.60 Å². The molecule has 0 radical (unpaired) electrons. The SMILES string of the molecule is Cc1ccc(F)c(Nc2ccnc(Nc3ccc(S(C)(=N)=O)cc3)n2)c1. The number of nitrogens with one attached hydrogen (secondary N) is 3. The molecule has 2 aromatic carbocycles. The molecule has 0 saturated carbocycles. The number of nitrogens with zero attached hydrogens (tertiary/aromatic N) is 2. The quantitative estimate of drug-likeness (QED) is 0.616. The molecule has 134 valence electrons. The summed E-state index contributed by atoms with van der Waals surface area (Å²) in [6.07, 6.45) is 2.93. The number of hydrogen-bond acceptors (Lipinski definition) is 6. The summed E-state index contributed by atoms with van der Waals surface area (Å²) in [7, 11) is -2.75. The second-order valence-corrected chi connectivity index (χ2v) is 8.03. The Bertz CT molecular complexity index is 1040. The lowest BCUT2D eigenvalue weighted by Gasteiger charge is -2.10. The molecule has 0 saturated heterocycles. The Labute approximate surface area is 151 Å². The van der Waals surface area contributed by atoms with Crippen molar-refractivity contribution in [3.05, 3.63) is 66.1 Å². The molecule has 6 nitrogen and oxygen atoms in total. The van der Waals surface area contributed by atoms with Crippen LogP contribution in [-0.2, 0) is 9.73 Å². The van der Waals surface area contributed by atoms with Crippen LogP contribution in [0.2, 0.25) is 0 Å². The van der Waals surface area contributed by atoms with Gasteiger partial charge in [0.2, 0.25) is 5.95 Å². The lowest BCUT2D eigenvalue weighted by molar-refractivity contribution is 0.631. The average molecular weight is 371 g/mol. The van der Waals surface area contributed by atoms with E-state index in [-0.39, 0.29) is 5.82 Å². The summed E-state index contributed by atoms with van der Waals surface area (Å²) < 4.78 is 33.2. The molecule has 3 rings (SSSR count). The van der Waals surface area contributed by atoms with Gasteiger partial charge in [0.15, 0.2) is 0 Å². The van der Waals surface area contributed by atoms with Crippen molar-refractivity contribution in [2.24, 2.45) is 0 Å². The van der Waals surface area contributed by atoms with Crippen molar-refractivity contribution in [1.29, 1.82) is 4.78 Å². The molecule has 1 unspecified atom stereocenters. The third kappa shape index (κ3) is 4.34. The predicted molar refractivity (Wildman–Crippen MR) is 101 cm³/mol. The second kappa shape index (κ2) is 7.09. The van der Waals surface area contributed by atoms with Crippen LogP contribution in [0.4, 0.5) is 27.5 Å². The minimum absolute atomic E-state index is 0.332. The topological polar surface area (TPSA) is 90.8 Å². The van der Waals surface area contributed by atoms with E-state index in [9.17, 15) is 8.60 Å². The molecule has 0 amide bonds. The van der Waals surface area contributed by atoms with E-state index in [1.807, 2.05) is 6.92 Å². The maximum atomic E-state index is 13.9. The largest absolute Gasteiger partial charge is 0.338 e. The molecule has 26 heavy (non-hydrogen) atoms. The molecule has 1 atom stereocenters. The average Bonchev–Trinajstić information content (AvgIpc) is 2.58. The first-order valence-electron chi connectivity index (χ1n) is 7.78.